The van der Waals surface area contributed by atoms with Crippen molar-refractivity contribution >= 4 is 60.1 Å². The van der Waals surface area contributed by atoms with Crippen molar-refractivity contribution < 1.29 is 50.4 Å². The van der Waals surface area contributed by atoms with E-state index in [0.29, 0.717) is 28.7 Å². The van der Waals surface area contributed by atoms with Gasteiger partial charge in [-0.1, -0.05) is 105 Å². The van der Waals surface area contributed by atoms with Gasteiger partial charge in [0, 0.05) is 50.3 Å². The van der Waals surface area contributed by atoms with E-state index in [9.17, 15) is 13.5 Å². The van der Waals surface area contributed by atoms with Crippen molar-refractivity contribution in [2.75, 3.05) is 19.0 Å². The SMILES string of the molecule is CC.CC.CCC.CCC.CCNc1ccc2c(O)c(N=Nc3[c-]cc(N=Nc4ccc5ccccc5c4)c(C)c3)c(S(=O)(=O)OC)cc2c1.[Y]. The van der Waals surface area contributed by atoms with Gasteiger partial charge in [-0.15, -0.1) is 22.8 Å². The van der Waals surface area contributed by atoms with E-state index in [4.69, 9.17) is 4.18 Å². The molecule has 0 unspecified atom stereocenters. The fraction of sp³-hybridized carbons (Fsp3) is 0.350. The molecular weight excluding hydrogens is 735 g/mol. The van der Waals surface area contributed by atoms with Crippen LogP contribution < -0.4 is 5.32 Å². The summed E-state index contributed by atoms with van der Waals surface area (Å²) in [7, 11) is -3.16. The van der Waals surface area contributed by atoms with Gasteiger partial charge in [0.2, 0.25) is 0 Å². The summed E-state index contributed by atoms with van der Waals surface area (Å²) in [6.45, 7) is 21.0. The van der Waals surface area contributed by atoms with Gasteiger partial charge in [0.15, 0.2) is 5.75 Å². The molecule has 0 fully saturated rings. The number of phenolic OH excluding ortho intramolecular Hbond substituents is 1. The molecule has 0 saturated heterocycles. The summed E-state index contributed by atoms with van der Waals surface area (Å²) >= 11 is 0. The van der Waals surface area contributed by atoms with E-state index in [-0.39, 0.29) is 49.0 Å². The molecule has 0 aliphatic rings. The number of fused-ring (bicyclic) bond motifs is 2. The molecule has 0 saturated carbocycles. The Kier molecular flexibility index (Phi) is 23.6. The van der Waals surface area contributed by atoms with Crippen LogP contribution in [0.2, 0.25) is 0 Å². The van der Waals surface area contributed by atoms with Crippen molar-refractivity contribution in [1.29, 1.82) is 0 Å². The molecule has 2 N–H and O–H groups in total. The molecule has 11 heteroatoms. The molecule has 0 bridgehead atoms. The van der Waals surface area contributed by atoms with Gasteiger partial charge in [-0.25, -0.2) is 5.11 Å². The van der Waals surface area contributed by atoms with Crippen molar-refractivity contribution in [1.82, 2.24) is 0 Å². The van der Waals surface area contributed by atoms with Crippen LogP contribution in [-0.2, 0) is 47.0 Å². The Bertz CT molecular complexity index is 1950. The van der Waals surface area contributed by atoms with Crippen LogP contribution in [0.4, 0.5) is 28.4 Å². The average Bonchev–Trinajstić information content (AvgIpc) is 3.13. The van der Waals surface area contributed by atoms with E-state index < -0.39 is 10.1 Å². The number of phenols is 1. The molecule has 5 aromatic rings. The zero-order valence-corrected chi connectivity index (χ0v) is 35.7. The molecule has 0 amide bonds. The standard InChI is InChI=1S/C30H26N5O4S.2C3H8.2C2H6.Y/c1-4-31-23-11-13-26-22(17-23)18-28(40(37,38)39-3)29(30(26)36)35-33-24-12-14-27(19(2)15-24)34-32-25-10-9-20-7-5-6-8-21(20)16-25;2*1-3-2;2*1-2;/h5-11,13-18,31,36H,4H2,1-3H3;2*3H2,1-2H3;2*1-2H3;/q-1;;;;;. The fourth-order valence-corrected chi connectivity index (χ4v) is 5.06. The maximum Gasteiger partial charge on any atom is 0.299 e. The second-order valence-corrected chi connectivity index (χ2v) is 12.1. The molecule has 0 spiro atoms. The minimum atomic E-state index is -4.21. The molecule has 0 aliphatic carbocycles. The zero-order valence-electron chi connectivity index (χ0n) is 32.1. The van der Waals surface area contributed by atoms with E-state index in [2.05, 4.69) is 59.5 Å². The Morgan fingerprint density at radius 3 is 1.98 bits per heavy atom. The van der Waals surface area contributed by atoms with E-state index in [0.717, 1.165) is 34.8 Å². The number of rotatable bonds is 8. The first kappa shape index (κ1) is 47.4. The first-order chi connectivity index (χ1) is 24.1. The Morgan fingerprint density at radius 1 is 0.765 bits per heavy atom. The number of benzene rings is 5. The molecule has 51 heavy (non-hydrogen) atoms. The minimum Gasteiger partial charge on any atom is -0.505 e. The number of nitrogens with zero attached hydrogens (tertiary/aromatic N) is 4. The second-order valence-electron chi connectivity index (χ2n) is 10.4. The van der Waals surface area contributed by atoms with Crippen LogP contribution in [0.5, 0.6) is 5.75 Å². The average molecular weight is 790 g/mol. The Morgan fingerprint density at radius 2 is 1.39 bits per heavy atom. The molecule has 1 radical (unpaired) electrons. The predicted molar refractivity (Wildman–Crippen MR) is 211 cm³/mol. The maximum absolute atomic E-state index is 12.7. The quantitative estimate of drug-likeness (QED) is 0.0920. The van der Waals surface area contributed by atoms with Gasteiger partial charge in [0.05, 0.1) is 12.8 Å². The number of azo groups is 2. The molecule has 9 nitrogen and oxygen atoms in total. The second kappa shape index (κ2) is 25.4. The molecule has 0 heterocycles. The summed E-state index contributed by atoms with van der Waals surface area (Å²) in [6, 6.07) is 26.8. The summed E-state index contributed by atoms with van der Waals surface area (Å²) in [6.07, 6.45) is 2.50. The molecule has 0 aromatic heterocycles. The van der Waals surface area contributed by atoms with Gasteiger partial charge in [-0.3, -0.25) is 4.18 Å². The van der Waals surface area contributed by atoms with Crippen LogP contribution in [0.15, 0.2) is 104 Å². The number of aromatic hydroxyl groups is 1. The molecule has 0 aliphatic heterocycles. The van der Waals surface area contributed by atoms with Crippen LogP contribution >= 0.6 is 0 Å². The Balaban J connectivity index is 0.00000206. The van der Waals surface area contributed by atoms with Gasteiger partial charge >= 0.3 is 0 Å². The largest absolute Gasteiger partial charge is 0.505 e. The first-order valence-corrected chi connectivity index (χ1v) is 18.7. The molecule has 5 aromatic carbocycles. The van der Waals surface area contributed by atoms with Crippen molar-refractivity contribution in [2.45, 2.75) is 87.0 Å². The predicted octanol–water partition coefficient (Wildman–Crippen LogP) is 13.3. The zero-order chi connectivity index (χ0) is 37.7. The summed E-state index contributed by atoms with van der Waals surface area (Å²) < 4.78 is 30.2. The third kappa shape index (κ3) is 14.2. The van der Waals surface area contributed by atoms with Crippen molar-refractivity contribution in [3.8, 4) is 5.75 Å². The van der Waals surface area contributed by atoms with Crippen LogP contribution in [0, 0.1) is 13.0 Å². The minimum absolute atomic E-state index is 0. The van der Waals surface area contributed by atoms with E-state index in [1.165, 1.54) is 18.9 Å². The number of hydrogen-bond acceptors (Lipinski definition) is 9. The maximum atomic E-state index is 12.7. The van der Waals surface area contributed by atoms with Crippen molar-refractivity contribution in [3.05, 3.63) is 90.5 Å². The van der Waals surface area contributed by atoms with Gasteiger partial charge in [0.25, 0.3) is 10.1 Å². The van der Waals surface area contributed by atoms with Crippen LogP contribution in [0.1, 0.15) is 80.7 Å². The number of aryl methyl sites for hydroxylation is 1. The van der Waals surface area contributed by atoms with Gasteiger partial charge in [-0.05, 0) is 70.9 Å². The van der Waals surface area contributed by atoms with Crippen molar-refractivity contribution in [2.24, 2.45) is 20.5 Å². The van der Waals surface area contributed by atoms with Gasteiger partial charge in [-0.2, -0.15) is 24.7 Å². The monoisotopic (exact) mass is 789 g/mol. The van der Waals surface area contributed by atoms with E-state index in [1.807, 2.05) is 84.0 Å². The van der Waals surface area contributed by atoms with Gasteiger partial charge in [0.1, 0.15) is 10.6 Å². The van der Waals surface area contributed by atoms with Gasteiger partial charge < -0.3 is 10.4 Å². The molecule has 0 atom stereocenters. The topological polar surface area (TPSA) is 125 Å². The van der Waals surface area contributed by atoms with Crippen LogP contribution in [0.25, 0.3) is 21.5 Å². The molecule has 273 valence electrons. The van der Waals surface area contributed by atoms with Crippen LogP contribution in [0.3, 0.4) is 0 Å². The Labute approximate surface area is 331 Å². The summed E-state index contributed by atoms with van der Waals surface area (Å²) in [5, 5.41) is 34.3. The normalized spacial score (nSPS) is 10.5. The number of nitrogens with one attached hydrogen (secondary N) is 1. The number of anilines is 1. The third-order valence-electron chi connectivity index (χ3n) is 6.30. The third-order valence-corrected chi connectivity index (χ3v) is 7.59. The molecule has 5 rings (SSSR count). The summed E-state index contributed by atoms with van der Waals surface area (Å²) in [5.74, 6) is -0.322. The first-order valence-electron chi connectivity index (χ1n) is 17.3. The van der Waals surface area contributed by atoms with E-state index in [1.54, 1.807) is 30.3 Å². The fourth-order valence-electron chi connectivity index (χ4n) is 4.24. The Hall–Kier alpha value is -3.57. The van der Waals surface area contributed by atoms with Crippen molar-refractivity contribution in [3.63, 3.8) is 0 Å². The number of hydrogen-bond donors (Lipinski definition) is 2. The van der Waals surface area contributed by atoms with E-state index >= 15 is 0 Å². The molecular formula is C40H54N5O4SY-. The smallest absolute Gasteiger partial charge is 0.299 e. The summed E-state index contributed by atoms with van der Waals surface area (Å²) in [4.78, 5) is -0.296. The summed E-state index contributed by atoms with van der Waals surface area (Å²) in [5.41, 5.74) is 2.97. The van der Waals surface area contributed by atoms with Crippen LogP contribution in [-0.4, -0.2) is 27.2 Å².